The number of aryl methyl sites for hydroxylation is 1. The van der Waals surface area contributed by atoms with Crippen molar-refractivity contribution in [1.29, 1.82) is 0 Å². The first-order valence-corrected chi connectivity index (χ1v) is 15.2. The zero-order valence-corrected chi connectivity index (χ0v) is 30.4. The molecule has 0 unspecified atom stereocenters. The van der Waals surface area contributed by atoms with Crippen molar-refractivity contribution in [3.05, 3.63) is 82.8 Å². The molecule has 0 bridgehead atoms. The van der Waals surface area contributed by atoms with Gasteiger partial charge in [0, 0.05) is 41.9 Å². The third-order valence-corrected chi connectivity index (χ3v) is 8.46. The molecular weight excluding hydrogens is 673 g/mol. The summed E-state index contributed by atoms with van der Waals surface area (Å²) in [4.78, 5) is 26.3. The van der Waals surface area contributed by atoms with E-state index in [-0.39, 0.29) is 97.5 Å². The molecule has 4 aromatic rings. The number of benzene rings is 2. The molecule has 3 heterocycles. The number of fused-ring (bicyclic) bond motifs is 1. The fourth-order valence-electron chi connectivity index (χ4n) is 5.67. The van der Waals surface area contributed by atoms with Crippen molar-refractivity contribution in [1.82, 2.24) is 26.8 Å². The van der Waals surface area contributed by atoms with Crippen molar-refractivity contribution in [2.75, 3.05) is 25.0 Å². The summed E-state index contributed by atoms with van der Waals surface area (Å²) < 4.78 is 58.1. The van der Waals surface area contributed by atoms with Gasteiger partial charge in [-0.15, -0.1) is 0 Å². The topological polar surface area (TPSA) is 188 Å². The van der Waals surface area contributed by atoms with Crippen molar-refractivity contribution in [3.63, 3.8) is 0 Å². The van der Waals surface area contributed by atoms with Crippen LogP contribution in [-0.2, 0) is 11.1 Å². The van der Waals surface area contributed by atoms with Gasteiger partial charge >= 0.3 is 63.6 Å². The van der Waals surface area contributed by atoms with Gasteiger partial charge in [-0.3, -0.25) is 4.98 Å². The molecular formula is C33H36F4KN7O4. The van der Waals surface area contributed by atoms with Gasteiger partial charge in [0.05, 0.1) is 22.4 Å². The van der Waals surface area contributed by atoms with Crippen molar-refractivity contribution >= 4 is 22.6 Å². The number of pyridine rings is 2. The van der Waals surface area contributed by atoms with Crippen LogP contribution in [-0.4, -0.2) is 52.0 Å². The Balaban J connectivity index is 0.00000270. The third-order valence-electron chi connectivity index (χ3n) is 8.46. The van der Waals surface area contributed by atoms with Crippen LogP contribution in [0.4, 0.5) is 28.0 Å². The summed E-state index contributed by atoms with van der Waals surface area (Å²) >= 11 is 0. The summed E-state index contributed by atoms with van der Waals surface area (Å²) in [7, 11) is 0. The summed E-state index contributed by atoms with van der Waals surface area (Å²) in [5.41, 5.74) is 0.0174. The Morgan fingerprint density at radius 1 is 1.16 bits per heavy atom. The summed E-state index contributed by atoms with van der Waals surface area (Å²) in [6.07, 6.45) is -1.33. The van der Waals surface area contributed by atoms with Crippen LogP contribution in [0.25, 0.3) is 27.6 Å². The van der Waals surface area contributed by atoms with E-state index in [4.69, 9.17) is 4.84 Å². The first-order chi connectivity index (χ1) is 22.3. The van der Waals surface area contributed by atoms with Crippen molar-refractivity contribution in [3.8, 4) is 22.8 Å². The summed E-state index contributed by atoms with van der Waals surface area (Å²) in [6.45, 7) is 3.23. The second kappa shape index (κ2) is 15.1. The fraction of sp³-hybridized carbons (Fsp3) is 0.364. The van der Waals surface area contributed by atoms with Crippen molar-refractivity contribution < 1.29 is 88.8 Å². The second-order valence-electron chi connectivity index (χ2n) is 12.0. The van der Waals surface area contributed by atoms with Crippen LogP contribution in [0.2, 0.25) is 0 Å². The number of urea groups is 1. The predicted molar refractivity (Wildman–Crippen MR) is 171 cm³/mol. The molecule has 0 radical (unpaired) electrons. The SMILES string of the molecule is CCCNC(=O)Nc1cc(O[N-]C[C@](O)(c2cc([C@]3(C4CC4)CN3)c(O)c(-c3ccc(F)cc3)n2)C(F)(F)F)cc2cc(C)cnc12.N.[K+]. The van der Waals surface area contributed by atoms with Crippen LogP contribution in [0, 0.1) is 18.7 Å². The number of carbonyl (C=O) groups is 1. The first kappa shape index (κ1) is 38.9. The van der Waals surface area contributed by atoms with Crippen LogP contribution >= 0.6 is 0 Å². The van der Waals surface area contributed by atoms with E-state index in [0.29, 0.717) is 30.4 Å². The van der Waals surface area contributed by atoms with E-state index < -0.39 is 41.4 Å². The molecule has 1 aliphatic heterocycles. The Hall–Kier alpha value is -2.93. The minimum atomic E-state index is -5.28. The number of nitrogens with zero attached hydrogens (tertiary/aromatic N) is 3. The molecule has 1 aliphatic carbocycles. The van der Waals surface area contributed by atoms with E-state index in [2.05, 4.69) is 31.4 Å². The fourth-order valence-corrected chi connectivity index (χ4v) is 5.67. The number of aromatic hydroxyl groups is 1. The minimum Gasteiger partial charge on any atom is -0.587 e. The molecule has 16 heteroatoms. The quantitative estimate of drug-likeness (QED) is 0.0591. The molecule has 2 amide bonds. The predicted octanol–water partition coefficient (Wildman–Crippen LogP) is 3.47. The van der Waals surface area contributed by atoms with E-state index in [0.717, 1.165) is 36.6 Å². The van der Waals surface area contributed by atoms with Crippen LogP contribution in [0.5, 0.6) is 11.5 Å². The van der Waals surface area contributed by atoms with E-state index in [9.17, 15) is 32.6 Å². The number of aromatic nitrogens is 2. The Morgan fingerprint density at radius 2 is 1.86 bits per heavy atom. The number of carbonyl (C=O) groups excluding carboxylic acids is 1. The van der Waals surface area contributed by atoms with Gasteiger partial charge in [-0.1, -0.05) is 13.5 Å². The number of amides is 2. The largest absolute Gasteiger partial charge is 1.00 e. The number of hydrogen-bond donors (Lipinski definition) is 6. The van der Waals surface area contributed by atoms with Crippen molar-refractivity contribution in [2.24, 2.45) is 5.92 Å². The number of anilines is 1. The minimum absolute atomic E-state index is 0. The number of alkyl halides is 3. The molecule has 2 atom stereocenters. The van der Waals surface area contributed by atoms with Crippen molar-refractivity contribution in [2.45, 2.75) is 50.4 Å². The molecule has 2 aliphatic rings. The molecule has 1 saturated carbocycles. The first-order valence-electron chi connectivity index (χ1n) is 15.2. The van der Waals surface area contributed by atoms with E-state index >= 15 is 0 Å². The summed E-state index contributed by atoms with van der Waals surface area (Å²) in [5, 5.41) is 31.7. The maximum atomic E-state index is 14.8. The maximum Gasteiger partial charge on any atom is 1.00 e. The molecule has 2 aromatic heterocycles. The van der Waals surface area contributed by atoms with Gasteiger partial charge in [0.1, 0.15) is 23.0 Å². The van der Waals surface area contributed by atoms with Gasteiger partial charge < -0.3 is 42.6 Å². The van der Waals surface area contributed by atoms with Gasteiger partial charge in [-0.2, -0.15) is 13.2 Å². The molecule has 1 saturated heterocycles. The average molecular weight is 710 g/mol. The standard InChI is InChI=1S/C33H33F4N6O4.K.H3N/c1-3-10-38-30(45)42-25-13-23(12-20-11-18(2)15-39-27(20)25)47-41-17-32(46,33(35,36)37)26-14-24(31(16-40-31)21-6-7-21)29(44)28(43-26)19-4-8-22(34)9-5-19;;/h4-5,8-9,11-15,21,40,44,46H,3,6-7,10,16-17H2,1-2H3,(H2,38,42,45);;1H3/q-1;+1;/t31-,32+;;/m1../s1. The average Bonchev–Trinajstić information content (AvgIpc) is 3.94. The van der Waals surface area contributed by atoms with Gasteiger partial charge in [0.2, 0.25) is 0 Å². The zero-order chi connectivity index (χ0) is 33.6. The Bertz CT molecular complexity index is 1820. The number of halogens is 4. The Morgan fingerprint density at radius 3 is 2.47 bits per heavy atom. The molecule has 256 valence electrons. The Kier molecular flexibility index (Phi) is 12.0. The van der Waals surface area contributed by atoms with E-state index in [1.807, 2.05) is 6.92 Å². The second-order valence-corrected chi connectivity index (χ2v) is 12.0. The van der Waals surface area contributed by atoms with Gasteiger partial charge in [-0.05, 0) is 80.1 Å². The van der Waals surface area contributed by atoms with Gasteiger partial charge in [0.25, 0.3) is 0 Å². The number of nitrogens with one attached hydrogen (secondary N) is 3. The monoisotopic (exact) mass is 709 g/mol. The van der Waals surface area contributed by atoms with Crippen LogP contribution in [0.3, 0.4) is 0 Å². The van der Waals surface area contributed by atoms with E-state index in [1.54, 1.807) is 19.2 Å². The summed E-state index contributed by atoms with van der Waals surface area (Å²) in [6, 6.07) is 9.98. The van der Waals surface area contributed by atoms with Crippen LogP contribution in [0.1, 0.15) is 43.0 Å². The molecule has 11 nitrogen and oxygen atoms in total. The molecule has 49 heavy (non-hydrogen) atoms. The van der Waals surface area contributed by atoms with Gasteiger partial charge in [0.15, 0.2) is 5.60 Å². The van der Waals surface area contributed by atoms with E-state index in [1.165, 1.54) is 24.3 Å². The molecule has 8 N–H and O–H groups in total. The van der Waals surface area contributed by atoms with Gasteiger partial charge in [-0.25, -0.2) is 14.2 Å². The smallest absolute Gasteiger partial charge is 0.587 e. The number of rotatable bonds is 11. The number of aliphatic hydroxyl groups is 1. The molecule has 0 spiro atoms. The normalized spacial score (nSPS) is 18.1. The molecule has 6 rings (SSSR count). The van der Waals surface area contributed by atoms with Crippen LogP contribution < -0.4 is 78.3 Å². The zero-order valence-electron chi connectivity index (χ0n) is 27.3. The maximum absolute atomic E-state index is 14.8. The molecule has 2 fully saturated rings. The number of hydroxylamine groups is 1. The molecule has 2 aromatic carbocycles. The third kappa shape index (κ3) is 8.02. The van der Waals surface area contributed by atoms with Crippen LogP contribution in [0.15, 0.2) is 54.7 Å². The Labute approximate surface area is 322 Å². The number of hydrogen-bond acceptors (Lipinski definition) is 8. The summed E-state index contributed by atoms with van der Waals surface area (Å²) in [5.74, 6) is -0.848.